The number of hydrogen-bond acceptors (Lipinski definition) is 3. The number of rotatable bonds is 5. The van der Waals surface area contributed by atoms with Crippen LogP contribution < -0.4 is 0 Å². The molecule has 0 radical (unpaired) electrons. The third-order valence-electron chi connectivity index (χ3n) is 3.28. The van der Waals surface area contributed by atoms with Crippen molar-refractivity contribution < 1.29 is 4.84 Å². The Bertz CT molecular complexity index is 568. The molecule has 4 heteroatoms. The van der Waals surface area contributed by atoms with E-state index in [0.29, 0.717) is 0 Å². The molecule has 0 aliphatic carbocycles. The van der Waals surface area contributed by atoms with Gasteiger partial charge in [-0.25, -0.2) is 4.99 Å². The lowest BCUT2D eigenvalue weighted by atomic mass is 10.0. The Kier molecular flexibility index (Phi) is 6.15. The summed E-state index contributed by atoms with van der Waals surface area (Å²) in [5.41, 5.74) is 4.98. The van der Waals surface area contributed by atoms with Crippen LogP contribution in [0.5, 0.6) is 0 Å². The van der Waals surface area contributed by atoms with Crippen LogP contribution in [0, 0.1) is 13.8 Å². The van der Waals surface area contributed by atoms with Gasteiger partial charge in [-0.05, 0) is 71.7 Å². The van der Waals surface area contributed by atoms with E-state index in [0.717, 1.165) is 34.6 Å². The minimum atomic E-state index is -0.279. The van der Waals surface area contributed by atoms with Crippen LogP contribution in [0.15, 0.2) is 22.3 Å². The molecular formula is C18H29N3O. The average molecular weight is 303 g/mol. The quantitative estimate of drug-likeness (QED) is 0.458. The van der Waals surface area contributed by atoms with Crippen LogP contribution in [0.3, 0.4) is 0 Å². The minimum absolute atomic E-state index is 0.279. The van der Waals surface area contributed by atoms with Crippen LogP contribution >= 0.6 is 0 Å². The first kappa shape index (κ1) is 18.2. The molecule has 1 aromatic carbocycles. The molecule has 122 valence electrons. The lowest BCUT2D eigenvalue weighted by Crippen LogP contribution is -2.16. The van der Waals surface area contributed by atoms with Gasteiger partial charge in [0.2, 0.25) is 0 Å². The zero-order chi connectivity index (χ0) is 16.9. The predicted octanol–water partition coefficient (Wildman–Crippen LogP) is 4.45. The highest BCUT2D eigenvalue weighted by atomic mass is 16.6. The fourth-order valence-electron chi connectivity index (χ4n) is 1.83. The second-order valence-electron chi connectivity index (χ2n) is 6.65. The van der Waals surface area contributed by atoms with Crippen molar-refractivity contribution >= 4 is 17.7 Å². The highest BCUT2D eigenvalue weighted by Crippen LogP contribution is 2.24. The van der Waals surface area contributed by atoms with E-state index in [1.807, 2.05) is 46.0 Å². The molecule has 0 aliphatic heterocycles. The molecule has 0 aliphatic rings. The molecule has 0 spiro atoms. The normalized spacial score (nSPS) is 12.8. The van der Waals surface area contributed by atoms with E-state index in [9.17, 15) is 0 Å². The molecular weight excluding hydrogens is 274 g/mol. The highest BCUT2D eigenvalue weighted by molar-refractivity contribution is 6.00. The summed E-state index contributed by atoms with van der Waals surface area (Å²) in [4.78, 5) is 12.1. The molecule has 0 bridgehead atoms. The summed E-state index contributed by atoms with van der Waals surface area (Å²) in [6.07, 6.45) is 1.87. The van der Waals surface area contributed by atoms with Crippen LogP contribution in [0.25, 0.3) is 0 Å². The van der Waals surface area contributed by atoms with Gasteiger partial charge in [0.15, 0.2) is 0 Å². The Morgan fingerprint density at radius 3 is 2.41 bits per heavy atom. The molecule has 0 amide bonds. The molecule has 0 unspecified atom stereocenters. The molecule has 0 fully saturated rings. The number of oxime groups is 1. The third kappa shape index (κ3) is 5.51. The molecule has 22 heavy (non-hydrogen) atoms. The second kappa shape index (κ2) is 7.43. The fourth-order valence-corrected chi connectivity index (χ4v) is 1.83. The smallest absolute Gasteiger partial charge is 0.129 e. The van der Waals surface area contributed by atoms with E-state index in [4.69, 9.17) is 4.84 Å². The average Bonchev–Trinajstić information content (AvgIpc) is 2.44. The summed E-state index contributed by atoms with van der Waals surface area (Å²) in [6.45, 7) is 15.1. The zero-order valence-electron chi connectivity index (χ0n) is 15.2. The van der Waals surface area contributed by atoms with Crippen molar-refractivity contribution in [3.63, 3.8) is 0 Å². The van der Waals surface area contributed by atoms with Crippen LogP contribution in [0.2, 0.25) is 0 Å². The molecule has 0 heterocycles. The molecule has 4 nitrogen and oxygen atoms in total. The minimum Gasteiger partial charge on any atom is -0.390 e. The maximum absolute atomic E-state index is 5.52. The van der Waals surface area contributed by atoms with Crippen molar-refractivity contribution in [3.8, 4) is 0 Å². The number of aliphatic imine (C=N–C) groups is 1. The second-order valence-corrected chi connectivity index (χ2v) is 6.65. The van der Waals surface area contributed by atoms with Gasteiger partial charge in [0.05, 0.1) is 17.7 Å². The lowest BCUT2D eigenvalue weighted by molar-refractivity contribution is 0.000948. The number of hydrogen-bond donors (Lipinski definition) is 0. The molecule has 0 N–H and O–H groups in total. The van der Waals surface area contributed by atoms with E-state index in [2.05, 4.69) is 43.1 Å². The van der Waals surface area contributed by atoms with E-state index < -0.39 is 0 Å². The number of nitrogens with zero attached hydrogens (tertiary/aromatic N) is 3. The lowest BCUT2D eigenvalue weighted by Gasteiger charge is -2.17. The highest BCUT2D eigenvalue weighted by Gasteiger charge is 2.12. The van der Waals surface area contributed by atoms with Gasteiger partial charge < -0.3 is 9.74 Å². The molecule has 0 saturated heterocycles. The Hall–Kier alpha value is -1.84. The SMILES string of the molecule is CCN(C)C=Nc1cc(C)c(C(C)=NOC(C)(C)C)cc1C. The number of aryl methyl sites for hydroxylation is 2. The predicted molar refractivity (Wildman–Crippen MR) is 95.4 cm³/mol. The van der Waals surface area contributed by atoms with Crippen LogP contribution in [-0.4, -0.2) is 36.1 Å². The van der Waals surface area contributed by atoms with Gasteiger partial charge in [0.25, 0.3) is 0 Å². The summed E-state index contributed by atoms with van der Waals surface area (Å²) in [7, 11) is 2.01. The van der Waals surface area contributed by atoms with Gasteiger partial charge in [-0.15, -0.1) is 0 Å². The standard InChI is InChI=1S/C18H29N3O/c1-9-21(8)12-19-17-11-13(2)16(10-14(17)3)15(4)20-22-18(5,6)7/h10-12H,9H2,1-8H3. The van der Waals surface area contributed by atoms with Gasteiger partial charge in [-0.1, -0.05) is 5.16 Å². The van der Waals surface area contributed by atoms with Crippen LogP contribution in [0.1, 0.15) is 51.3 Å². The van der Waals surface area contributed by atoms with Gasteiger partial charge in [0.1, 0.15) is 5.60 Å². The van der Waals surface area contributed by atoms with E-state index in [1.54, 1.807) is 0 Å². The van der Waals surface area contributed by atoms with Crippen molar-refractivity contribution in [1.82, 2.24) is 4.90 Å². The van der Waals surface area contributed by atoms with Gasteiger partial charge in [-0.2, -0.15) is 0 Å². The third-order valence-corrected chi connectivity index (χ3v) is 3.28. The first-order valence-corrected chi connectivity index (χ1v) is 7.73. The fraction of sp³-hybridized carbons (Fsp3) is 0.556. The summed E-state index contributed by atoms with van der Waals surface area (Å²) < 4.78 is 0. The number of benzene rings is 1. The topological polar surface area (TPSA) is 37.2 Å². The first-order valence-electron chi connectivity index (χ1n) is 7.73. The first-order chi connectivity index (χ1) is 10.1. The summed E-state index contributed by atoms with van der Waals surface area (Å²) >= 11 is 0. The van der Waals surface area contributed by atoms with E-state index >= 15 is 0 Å². The van der Waals surface area contributed by atoms with Crippen molar-refractivity contribution in [2.75, 3.05) is 13.6 Å². The van der Waals surface area contributed by atoms with Gasteiger partial charge in [0, 0.05) is 19.2 Å². The Labute approximate surface area is 134 Å². The van der Waals surface area contributed by atoms with Crippen molar-refractivity contribution in [1.29, 1.82) is 0 Å². The Morgan fingerprint density at radius 2 is 1.86 bits per heavy atom. The van der Waals surface area contributed by atoms with Crippen molar-refractivity contribution in [2.45, 2.75) is 54.1 Å². The summed E-state index contributed by atoms with van der Waals surface area (Å²) in [5, 5.41) is 4.25. The molecule has 0 atom stereocenters. The molecule has 1 rings (SSSR count). The van der Waals surface area contributed by atoms with E-state index in [-0.39, 0.29) is 5.60 Å². The molecule has 1 aromatic rings. The zero-order valence-corrected chi connectivity index (χ0v) is 15.2. The largest absolute Gasteiger partial charge is 0.390 e. The van der Waals surface area contributed by atoms with Crippen molar-refractivity contribution in [2.24, 2.45) is 10.1 Å². The maximum Gasteiger partial charge on any atom is 0.129 e. The van der Waals surface area contributed by atoms with Gasteiger partial charge >= 0.3 is 0 Å². The molecule has 0 saturated carbocycles. The van der Waals surface area contributed by atoms with Crippen LogP contribution in [-0.2, 0) is 4.84 Å². The Balaban J connectivity index is 3.06. The van der Waals surface area contributed by atoms with Crippen LogP contribution in [0.4, 0.5) is 5.69 Å². The molecule has 0 aromatic heterocycles. The maximum atomic E-state index is 5.52. The summed E-state index contributed by atoms with van der Waals surface area (Å²) in [5.74, 6) is 0. The Morgan fingerprint density at radius 1 is 1.23 bits per heavy atom. The van der Waals surface area contributed by atoms with E-state index in [1.165, 1.54) is 0 Å². The monoisotopic (exact) mass is 303 g/mol. The van der Waals surface area contributed by atoms with Crippen molar-refractivity contribution in [3.05, 3.63) is 28.8 Å². The summed E-state index contributed by atoms with van der Waals surface area (Å²) in [6, 6.07) is 4.22. The van der Waals surface area contributed by atoms with Gasteiger partial charge in [-0.3, -0.25) is 0 Å².